The summed E-state index contributed by atoms with van der Waals surface area (Å²) in [6, 6.07) is 7.22. The summed E-state index contributed by atoms with van der Waals surface area (Å²) in [5, 5.41) is 7.67. The van der Waals surface area contributed by atoms with Crippen molar-refractivity contribution >= 4 is 26.5 Å². The monoisotopic (exact) mass is 465 g/mol. The van der Waals surface area contributed by atoms with Gasteiger partial charge in [-0.3, -0.25) is 4.72 Å². The lowest BCUT2D eigenvalue weighted by Crippen LogP contribution is -2.12. The van der Waals surface area contributed by atoms with Crippen LogP contribution in [0.25, 0.3) is 0 Å². The first-order valence-electron chi connectivity index (χ1n) is 11.9. The van der Waals surface area contributed by atoms with Crippen LogP contribution in [0.3, 0.4) is 0 Å². The van der Waals surface area contributed by atoms with E-state index in [1.807, 2.05) is 12.1 Å². The number of nitrogens with zero attached hydrogens (tertiary/aromatic N) is 2. The van der Waals surface area contributed by atoms with Crippen LogP contribution in [0, 0.1) is 0 Å². The zero-order valence-corrected chi connectivity index (χ0v) is 20.8. The van der Waals surface area contributed by atoms with E-state index in [2.05, 4.69) is 28.8 Å². The van der Waals surface area contributed by atoms with Crippen LogP contribution < -0.4 is 4.72 Å². The number of aromatic nitrogens is 2. The molecule has 1 heterocycles. The fraction of sp³-hybridized carbons (Fsp3) is 0.667. The molecule has 2 rings (SSSR count). The van der Waals surface area contributed by atoms with E-state index >= 15 is 0 Å². The summed E-state index contributed by atoms with van der Waals surface area (Å²) in [6.07, 6.45) is 17.5. The van der Waals surface area contributed by atoms with Gasteiger partial charge in [-0.25, -0.2) is 8.42 Å². The molecule has 2 aromatic rings. The first-order chi connectivity index (χ1) is 15.0. The quantitative estimate of drug-likeness (QED) is 0.245. The fourth-order valence-corrected chi connectivity index (χ4v) is 5.52. The molecule has 0 bridgehead atoms. The number of hydrogen-bond donors (Lipinski definition) is 1. The topological polar surface area (TPSA) is 72.0 Å². The largest absolute Gasteiger partial charge is 0.263 e. The van der Waals surface area contributed by atoms with Crippen LogP contribution in [0.5, 0.6) is 0 Å². The zero-order chi connectivity index (χ0) is 22.4. The Kier molecular flexibility index (Phi) is 12.1. The molecule has 31 heavy (non-hydrogen) atoms. The lowest BCUT2D eigenvalue weighted by atomic mass is 9.94. The van der Waals surface area contributed by atoms with Gasteiger partial charge in [0.2, 0.25) is 5.13 Å². The highest BCUT2D eigenvalue weighted by atomic mass is 32.2. The highest BCUT2D eigenvalue weighted by molar-refractivity contribution is 7.93. The Bertz CT molecular complexity index is 806. The molecule has 1 aromatic carbocycles. The summed E-state index contributed by atoms with van der Waals surface area (Å²) in [6.45, 7) is 4.49. The third-order valence-corrected chi connectivity index (χ3v) is 7.92. The van der Waals surface area contributed by atoms with Gasteiger partial charge < -0.3 is 0 Å². The van der Waals surface area contributed by atoms with Gasteiger partial charge in [-0.1, -0.05) is 114 Å². The van der Waals surface area contributed by atoms with E-state index in [9.17, 15) is 8.42 Å². The van der Waals surface area contributed by atoms with Crippen molar-refractivity contribution in [3.8, 4) is 0 Å². The summed E-state index contributed by atoms with van der Waals surface area (Å²) < 4.78 is 27.3. The van der Waals surface area contributed by atoms with Crippen molar-refractivity contribution in [2.45, 2.75) is 108 Å². The number of anilines is 1. The third-order valence-electron chi connectivity index (χ3n) is 5.83. The third kappa shape index (κ3) is 10.1. The van der Waals surface area contributed by atoms with Crippen LogP contribution in [0.1, 0.15) is 109 Å². The van der Waals surface area contributed by atoms with Gasteiger partial charge in [0, 0.05) is 0 Å². The van der Waals surface area contributed by atoms with Crippen molar-refractivity contribution in [3.05, 3.63) is 35.3 Å². The highest BCUT2D eigenvalue weighted by Crippen LogP contribution is 2.25. The van der Waals surface area contributed by atoms with Gasteiger partial charge in [-0.15, -0.1) is 10.2 Å². The summed E-state index contributed by atoms with van der Waals surface area (Å²) in [7, 11) is -3.61. The van der Waals surface area contributed by atoms with Crippen LogP contribution in [0.2, 0.25) is 0 Å². The van der Waals surface area contributed by atoms with Crippen molar-refractivity contribution in [1.29, 1.82) is 0 Å². The number of benzene rings is 1. The number of nitrogens with one attached hydrogen (secondary N) is 1. The van der Waals surface area contributed by atoms with E-state index < -0.39 is 10.0 Å². The molecule has 174 valence electrons. The van der Waals surface area contributed by atoms with E-state index in [-0.39, 0.29) is 10.0 Å². The second-order valence-electron chi connectivity index (χ2n) is 8.50. The molecule has 0 spiro atoms. The molecule has 7 heteroatoms. The maximum absolute atomic E-state index is 12.4. The van der Waals surface area contributed by atoms with Crippen molar-refractivity contribution in [1.82, 2.24) is 10.2 Å². The van der Waals surface area contributed by atoms with Gasteiger partial charge in [-0.05, 0) is 30.0 Å². The molecule has 0 amide bonds. The van der Waals surface area contributed by atoms with Crippen LogP contribution >= 0.6 is 11.3 Å². The molecular weight excluding hydrogens is 426 g/mol. The summed E-state index contributed by atoms with van der Waals surface area (Å²) >= 11 is 1.16. The SMILES string of the molecule is CCCCCCCCCCCCCCC(C)c1ccc(S(=O)(=O)Nc2nncs2)cc1. The molecule has 1 N–H and O–H groups in total. The Balaban J connectivity index is 1.58. The molecule has 1 aromatic heterocycles. The Morgan fingerprint density at radius 3 is 1.94 bits per heavy atom. The maximum atomic E-state index is 12.4. The predicted molar refractivity (Wildman–Crippen MR) is 131 cm³/mol. The summed E-state index contributed by atoms with van der Waals surface area (Å²) in [5.41, 5.74) is 2.69. The maximum Gasteiger partial charge on any atom is 0.263 e. The molecule has 0 aliphatic carbocycles. The first-order valence-corrected chi connectivity index (χ1v) is 14.3. The minimum absolute atomic E-state index is 0.254. The molecular formula is C24H39N3O2S2. The molecule has 1 atom stereocenters. The van der Waals surface area contributed by atoms with Gasteiger partial charge in [0.25, 0.3) is 10.0 Å². The lowest BCUT2D eigenvalue weighted by Gasteiger charge is -2.13. The first kappa shape index (κ1) is 25.8. The molecule has 0 radical (unpaired) electrons. The van der Waals surface area contributed by atoms with Crippen molar-refractivity contribution in [2.24, 2.45) is 0 Å². The Morgan fingerprint density at radius 2 is 1.42 bits per heavy atom. The van der Waals surface area contributed by atoms with E-state index in [1.165, 1.54) is 88.1 Å². The van der Waals surface area contributed by atoms with Gasteiger partial charge in [0.05, 0.1) is 4.90 Å². The smallest absolute Gasteiger partial charge is 0.253 e. The molecule has 0 aliphatic rings. The number of rotatable bonds is 17. The van der Waals surface area contributed by atoms with Crippen LogP contribution in [0.4, 0.5) is 5.13 Å². The zero-order valence-electron chi connectivity index (χ0n) is 19.2. The average molecular weight is 466 g/mol. The minimum atomic E-state index is -3.61. The van der Waals surface area contributed by atoms with Crippen LogP contribution in [0.15, 0.2) is 34.7 Å². The van der Waals surface area contributed by atoms with E-state index in [1.54, 1.807) is 12.1 Å². The van der Waals surface area contributed by atoms with Crippen molar-refractivity contribution < 1.29 is 8.42 Å². The number of sulfonamides is 1. The van der Waals surface area contributed by atoms with Crippen molar-refractivity contribution in [3.63, 3.8) is 0 Å². The number of hydrogen-bond acceptors (Lipinski definition) is 5. The van der Waals surface area contributed by atoms with Crippen LogP contribution in [-0.2, 0) is 10.0 Å². The Morgan fingerprint density at radius 1 is 0.871 bits per heavy atom. The lowest BCUT2D eigenvalue weighted by molar-refractivity contribution is 0.528. The predicted octanol–water partition coefficient (Wildman–Crippen LogP) is 7.53. The normalized spacial score (nSPS) is 12.7. The molecule has 0 fully saturated rings. The van der Waals surface area contributed by atoms with E-state index in [0.29, 0.717) is 5.92 Å². The number of unbranched alkanes of at least 4 members (excludes halogenated alkanes) is 11. The van der Waals surface area contributed by atoms with Crippen molar-refractivity contribution in [2.75, 3.05) is 4.72 Å². The average Bonchev–Trinajstić information content (AvgIpc) is 3.27. The summed E-state index contributed by atoms with van der Waals surface area (Å²) in [4.78, 5) is 0.254. The minimum Gasteiger partial charge on any atom is -0.253 e. The molecule has 0 saturated carbocycles. The highest BCUT2D eigenvalue weighted by Gasteiger charge is 2.16. The van der Waals surface area contributed by atoms with E-state index in [0.717, 1.165) is 17.8 Å². The second-order valence-corrected chi connectivity index (χ2v) is 11.0. The Labute approximate surface area is 193 Å². The second kappa shape index (κ2) is 14.6. The van der Waals surface area contributed by atoms with Gasteiger partial charge >= 0.3 is 0 Å². The van der Waals surface area contributed by atoms with E-state index in [4.69, 9.17) is 0 Å². The molecule has 0 aliphatic heterocycles. The van der Waals surface area contributed by atoms with Gasteiger partial charge in [0.1, 0.15) is 5.51 Å². The molecule has 5 nitrogen and oxygen atoms in total. The van der Waals surface area contributed by atoms with Gasteiger partial charge in [0.15, 0.2) is 0 Å². The standard InChI is InChI=1S/C24H39N3O2S2/c1-3-4-5-6-7-8-9-10-11-12-13-14-15-21(2)22-16-18-23(19-17-22)31(28,29)27-24-26-25-20-30-24/h16-21H,3-15H2,1-2H3,(H,26,27). The molecule has 0 saturated heterocycles. The summed E-state index contributed by atoms with van der Waals surface area (Å²) in [5.74, 6) is 0.441. The van der Waals surface area contributed by atoms with Crippen LogP contribution in [-0.4, -0.2) is 18.6 Å². The Hall–Kier alpha value is -1.47. The van der Waals surface area contributed by atoms with Gasteiger partial charge in [-0.2, -0.15) is 0 Å². The fourth-order valence-electron chi connectivity index (χ4n) is 3.83. The molecule has 1 unspecified atom stereocenters.